The number of halogens is 1. The van der Waals surface area contributed by atoms with E-state index in [0.717, 1.165) is 34.1 Å². The quantitative estimate of drug-likeness (QED) is 0.350. The van der Waals surface area contributed by atoms with E-state index in [-0.39, 0.29) is 11.7 Å². The lowest BCUT2D eigenvalue weighted by molar-refractivity contribution is -0.104. The molecule has 0 fully saturated rings. The molecule has 0 aliphatic heterocycles. The fourth-order valence-electron chi connectivity index (χ4n) is 3.30. The van der Waals surface area contributed by atoms with Crippen molar-refractivity contribution in [1.29, 1.82) is 0 Å². The summed E-state index contributed by atoms with van der Waals surface area (Å²) in [4.78, 5) is 15.1. The van der Waals surface area contributed by atoms with Crippen molar-refractivity contribution in [2.45, 2.75) is 26.4 Å². The van der Waals surface area contributed by atoms with Crippen molar-refractivity contribution in [3.05, 3.63) is 83.4 Å². The van der Waals surface area contributed by atoms with E-state index in [1.807, 2.05) is 18.2 Å². The first kappa shape index (κ1) is 21.2. The van der Waals surface area contributed by atoms with Gasteiger partial charge in [-0.3, -0.25) is 9.78 Å². The van der Waals surface area contributed by atoms with Crippen molar-refractivity contribution in [2.75, 3.05) is 7.11 Å². The van der Waals surface area contributed by atoms with E-state index in [4.69, 9.17) is 9.47 Å². The van der Waals surface area contributed by atoms with Gasteiger partial charge >= 0.3 is 0 Å². The van der Waals surface area contributed by atoms with E-state index in [0.29, 0.717) is 18.1 Å². The summed E-state index contributed by atoms with van der Waals surface area (Å²) in [6.07, 6.45) is 7.36. The largest absolute Gasteiger partial charge is 0.493 e. The van der Waals surface area contributed by atoms with Crippen molar-refractivity contribution >= 4 is 12.4 Å². The van der Waals surface area contributed by atoms with E-state index in [1.165, 1.54) is 18.2 Å². The number of hydrogen-bond acceptors (Lipinski definition) is 4. The highest BCUT2D eigenvalue weighted by atomic mass is 19.1. The van der Waals surface area contributed by atoms with Gasteiger partial charge in [-0.05, 0) is 64.6 Å². The Labute approximate surface area is 176 Å². The molecule has 4 nitrogen and oxygen atoms in total. The second kappa shape index (κ2) is 9.83. The summed E-state index contributed by atoms with van der Waals surface area (Å²) >= 11 is 0. The Balaban J connectivity index is 2.24. The Hall–Kier alpha value is -3.47. The number of hydrogen-bond donors (Lipinski definition) is 0. The lowest BCUT2D eigenvalue weighted by atomic mass is 9.88. The summed E-state index contributed by atoms with van der Waals surface area (Å²) in [6.45, 7) is 4.45. The number of carbonyl (C=O) groups excluding carboxylic acids is 1. The standard InChI is InChI=1S/C25H24FNO3/c1-17(2)22-15-23(29-3)25(30-16-18-10-12-27-13-11-18)24(21(22)5-4-14-28)19-6-8-20(26)9-7-19/h4-15,17H,16H2,1-3H3/b5-4+. The molecular formula is C25H24FNO3. The Morgan fingerprint density at radius 2 is 1.80 bits per heavy atom. The monoisotopic (exact) mass is 405 g/mol. The second-order valence-corrected chi connectivity index (χ2v) is 7.09. The molecule has 0 saturated heterocycles. The third-order valence-corrected chi connectivity index (χ3v) is 4.77. The normalized spacial score (nSPS) is 11.1. The predicted octanol–water partition coefficient (Wildman–Crippen LogP) is 5.81. The van der Waals surface area contributed by atoms with Crippen molar-refractivity contribution in [1.82, 2.24) is 4.98 Å². The predicted molar refractivity (Wildman–Crippen MR) is 116 cm³/mol. The van der Waals surface area contributed by atoms with Crippen LogP contribution in [0.3, 0.4) is 0 Å². The third-order valence-electron chi connectivity index (χ3n) is 4.77. The molecule has 2 aromatic carbocycles. The van der Waals surface area contributed by atoms with Crippen molar-refractivity contribution in [3.8, 4) is 22.6 Å². The fraction of sp³-hybridized carbons (Fsp3) is 0.200. The van der Waals surface area contributed by atoms with Crippen LogP contribution in [-0.4, -0.2) is 18.4 Å². The molecule has 0 bridgehead atoms. The third kappa shape index (κ3) is 4.74. The van der Waals surface area contributed by atoms with E-state index >= 15 is 0 Å². The molecule has 0 unspecified atom stereocenters. The van der Waals surface area contributed by atoms with E-state index in [2.05, 4.69) is 18.8 Å². The van der Waals surface area contributed by atoms with Crippen LogP contribution >= 0.6 is 0 Å². The van der Waals surface area contributed by atoms with Gasteiger partial charge in [-0.1, -0.05) is 32.1 Å². The molecule has 1 aromatic heterocycles. The van der Waals surface area contributed by atoms with Crippen molar-refractivity contribution in [2.24, 2.45) is 0 Å². The van der Waals surface area contributed by atoms with Crippen LogP contribution < -0.4 is 9.47 Å². The van der Waals surface area contributed by atoms with Gasteiger partial charge < -0.3 is 9.47 Å². The van der Waals surface area contributed by atoms with Gasteiger partial charge in [-0.15, -0.1) is 0 Å². The van der Waals surface area contributed by atoms with Gasteiger partial charge in [0.25, 0.3) is 0 Å². The molecule has 0 atom stereocenters. The molecule has 0 radical (unpaired) electrons. The van der Waals surface area contributed by atoms with Gasteiger partial charge in [-0.2, -0.15) is 0 Å². The van der Waals surface area contributed by atoms with Crippen molar-refractivity contribution < 1.29 is 18.7 Å². The number of methoxy groups -OCH3 is 1. The molecule has 0 aliphatic carbocycles. The Kier molecular flexibility index (Phi) is 6.96. The first-order valence-corrected chi connectivity index (χ1v) is 9.69. The number of ether oxygens (including phenoxy) is 2. The highest BCUT2D eigenvalue weighted by Crippen LogP contribution is 2.45. The molecule has 0 N–H and O–H groups in total. The summed E-state index contributed by atoms with van der Waals surface area (Å²) in [5, 5.41) is 0. The zero-order valence-corrected chi connectivity index (χ0v) is 17.3. The molecule has 3 aromatic rings. The molecule has 0 aliphatic rings. The fourth-order valence-corrected chi connectivity index (χ4v) is 3.30. The number of rotatable bonds is 8. The van der Waals surface area contributed by atoms with Crippen LogP contribution in [0.4, 0.5) is 4.39 Å². The van der Waals surface area contributed by atoms with Crippen LogP contribution in [0.1, 0.15) is 36.5 Å². The van der Waals surface area contributed by atoms with Crippen LogP contribution in [0, 0.1) is 5.82 Å². The summed E-state index contributed by atoms with van der Waals surface area (Å²) < 4.78 is 25.5. The topological polar surface area (TPSA) is 48.4 Å². The van der Waals surface area contributed by atoms with Crippen LogP contribution in [0.2, 0.25) is 0 Å². The first-order chi connectivity index (χ1) is 14.5. The summed E-state index contributed by atoms with van der Waals surface area (Å²) in [5.41, 5.74) is 4.32. The minimum atomic E-state index is -0.324. The molecule has 1 heterocycles. The lowest BCUT2D eigenvalue weighted by Crippen LogP contribution is -2.04. The number of allylic oxidation sites excluding steroid dienone is 1. The summed E-state index contributed by atoms with van der Waals surface area (Å²) in [5.74, 6) is 0.958. The van der Waals surface area contributed by atoms with Gasteiger partial charge in [0, 0.05) is 18.0 Å². The molecule has 5 heteroatoms. The Bertz CT molecular complexity index is 1030. The second-order valence-electron chi connectivity index (χ2n) is 7.09. The van der Waals surface area contributed by atoms with Gasteiger partial charge in [0.1, 0.15) is 18.7 Å². The van der Waals surface area contributed by atoms with Crippen LogP contribution in [0.15, 0.2) is 60.9 Å². The number of benzene rings is 2. The van der Waals surface area contributed by atoms with Crippen LogP contribution in [-0.2, 0) is 11.4 Å². The SMILES string of the molecule is COc1cc(C(C)C)c(/C=C/C=O)c(-c2ccc(F)cc2)c1OCc1ccncc1. The molecular weight excluding hydrogens is 381 g/mol. The van der Waals surface area contributed by atoms with E-state index < -0.39 is 0 Å². The molecule has 3 rings (SSSR count). The number of nitrogens with zero attached hydrogens (tertiary/aromatic N) is 1. The van der Waals surface area contributed by atoms with E-state index in [9.17, 15) is 9.18 Å². The van der Waals surface area contributed by atoms with E-state index in [1.54, 1.807) is 37.7 Å². The first-order valence-electron chi connectivity index (χ1n) is 9.69. The van der Waals surface area contributed by atoms with Gasteiger partial charge in [0.2, 0.25) is 0 Å². The number of aldehydes is 1. The molecule has 0 spiro atoms. The summed E-state index contributed by atoms with van der Waals surface area (Å²) in [7, 11) is 1.59. The molecule has 30 heavy (non-hydrogen) atoms. The van der Waals surface area contributed by atoms with Crippen LogP contribution in [0.25, 0.3) is 17.2 Å². The molecule has 0 saturated carbocycles. The lowest BCUT2D eigenvalue weighted by Gasteiger charge is -2.22. The maximum Gasteiger partial charge on any atom is 0.170 e. The van der Waals surface area contributed by atoms with Gasteiger partial charge in [0.05, 0.1) is 7.11 Å². The van der Waals surface area contributed by atoms with Gasteiger partial charge in [-0.25, -0.2) is 4.39 Å². The minimum Gasteiger partial charge on any atom is -0.493 e. The molecule has 154 valence electrons. The average molecular weight is 405 g/mol. The smallest absolute Gasteiger partial charge is 0.170 e. The zero-order valence-electron chi connectivity index (χ0n) is 17.3. The van der Waals surface area contributed by atoms with Gasteiger partial charge in [0.15, 0.2) is 11.5 Å². The summed E-state index contributed by atoms with van der Waals surface area (Å²) in [6, 6.07) is 11.9. The highest BCUT2D eigenvalue weighted by Gasteiger charge is 2.22. The number of carbonyl (C=O) groups is 1. The van der Waals surface area contributed by atoms with Crippen molar-refractivity contribution in [3.63, 3.8) is 0 Å². The zero-order chi connectivity index (χ0) is 21.5. The Morgan fingerprint density at radius 1 is 1.10 bits per heavy atom. The molecule has 0 amide bonds. The Morgan fingerprint density at radius 3 is 2.40 bits per heavy atom. The number of aromatic nitrogens is 1. The van der Waals surface area contributed by atoms with Crippen LogP contribution in [0.5, 0.6) is 11.5 Å². The maximum atomic E-state index is 13.6. The highest BCUT2D eigenvalue weighted by molar-refractivity contribution is 5.87. The number of pyridine rings is 1. The minimum absolute atomic E-state index is 0.165. The maximum absolute atomic E-state index is 13.6. The average Bonchev–Trinajstić information content (AvgIpc) is 2.76.